The van der Waals surface area contributed by atoms with Gasteiger partial charge in [0.15, 0.2) is 0 Å². The first-order valence-corrected chi connectivity index (χ1v) is 8.41. The normalized spacial score (nSPS) is 17.2. The Balaban J connectivity index is 1.75. The molecular weight excluding hydrogens is 300 g/mol. The van der Waals surface area contributed by atoms with Crippen LogP contribution in [0.5, 0.6) is 0 Å². The van der Waals surface area contributed by atoms with Crippen LogP contribution in [0, 0.1) is 0 Å². The summed E-state index contributed by atoms with van der Waals surface area (Å²) >= 11 is 0. The SMILES string of the molecule is CCc1ccccc1C(=O)Nc1ccc(N2C(=O)CCC2C)cc1. The third-order valence-electron chi connectivity index (χ3n) is 4.53. The predicted molar refractivity (Wildman–Crippen MR) is 96.4 cm³/mol. The van der Waals surface area contributed by atoms with E-state index in [0.717, 1.165) is 29.8 Å². The molecule has 2 aromatic carbocycles. The minimum Gasteiger partial charge on any atom is -0.322 e. The largest absolute Gasteiger partial charge is 0.322 e. The highest BCUT2D eigenvalue weighted by Gasteiger charge is 2.28. The van der Waals surface area contributed by atoms with Gasteiger partial charge >= 0.3 is 0 Å². The minimum atomic E-state index is -0.106. The maximum Gasteiger partial charge on any atom is 0.255 e. The van der Waals surface area contributed by atoms with E-state index in [1.165, 1.54) is 0 Å². The lowest BCUT2D eigenvalue weighted by Gasteiger charge is -2.22. The second-order valence-corrected chi connectivity index (χ2v) is 6.16. The molecule has 0 radical (unpaired) electrons. The second kappa shape index (κ2) is 6.87. The van der Waals surface area contributed by atoms with Crippen LogP contribution in [0.25, 0.3) is 0 Å². The number of rotatable bonds is 4. The standard InChI is InChI=1S/C20H22N2O2/c1-3-15-6-4-5-7-18(15)20(24)21-16-9-11-17(12-10-16)22-14(2)8-13-19(22)23/h4-7,9-12,14H,3,8,13H2,1-2H3,(H,21,24). The molecule has 0 saturated carbocycles. The third-order valence-corrected chi connectivity index (χ3v) is 4.53. The third kappa shape index (κ3) is 3.18. The van der Waals surface area contributed by atoms with Crippen LogP contribution in [0.4, 0.5) is 11.4 Å². The second-order valence-electron chi connectivity index (χ2n) is 6.16. The first kappa shape index (κ1) is 16.2. The smallest absolute Gasteiger partial charge is 0.255 e. The van der Waals surface area contributed by atoms with Crippen molar-refractivity contribution in [3.63, 3.8) is 0 Å². The summed E-state index contributed by atoms with van der Waals surface area (Å²) in [6.07, 6.45) is 2.32. The Bertz CT molecular complexity index is 752. The van der Waals surface area contributed by atoms with Gasteiger partial charge in [-0.25, -0.2) is 0 Å². The van der Waals surface area contributed by atoms with Gasteiger partial charge in [-0.1, -0.05) is 25.1 Å². The van der Waals surface area contributed by atoms with Gasteiger partial charge in [-0.3, -0.25) is 9.59 Å². The molecule has 0 aliphatic carbocycles. The zero-order valence-electron chi connectivity index (χ0n) is 14.1. The van der Waals surface area contributed by atoms with E-state index in [9.17, 15) is 9.59 Å². The monoisotopic (exact) mass is 322 g/mol. The van der Waals surface area contributed by atoms with Crippen molar-refractivity contribution in [2.75, 3.05) is 10.2 Å². The molecule has 1 atom stereocenters. The number of hydrogen-bond acceptors (Lipinski definition) is 2. The number of nitrogens with one attached hydrogen (secondary N) is 1. The lowest BCUT2D eigenvalue weighted by Crippen LogP contribution is -2.30. The fraction of sp³-hybridized carbons (Fsp3) is 0.300. The van der Waals surface area contributed by atoms with E-state index in [4.69, 9.17) is 0 Å². The van der Waals surface area contributed by atoms with Crippen molar-refractivity contribution in [3.05, 3.63) is 59.7 Å². The molecule has 124 valence electrons. The van der Waals surface area contributed by atoms with Crippen molar-refractivity contribution in [3.8, 4) is 0 Å². The van der Waals surface area contributed by atoms with Crippen molar-refractivity contribution in [2.45, 2.75) is 39.2 Å². The highest BCUT2D eigenvalue weighted by atomic mass is 16.2. The Morgan fingerprint density at radius 3 is 2.50 bits per heavy atom. The van der Waals surface area contributed by atoms with Crippen molar-refractivity contribution >= 4 is 23.2 Å². The van der Waals surface area contributed by atoms with E-state index >= 15 is 0 Å². The Labute approximate surface area is 142 Å². The van der Waals surface area contributed by atoms with E-state index in [2.05, 4.69) is 12.2 Å². The Morgan fingerprint density at radius 1 is 1.17 bits per heavy atom. The maximum atomic E-state index is 12.5. The molecule has 4 heteroatoms. The summed E-state index contributed by atoms with van der Waals surface area (Å²) in [5.74, 6) is 0.0574. The van der Waals surface area contributed by atoms with Gasteiger partial charge in [0.05, 0.1) is 0 Å². The van der Waals surface area contributed by atoms with Crippen LogP contribution in [0.15, 0.2) is 48.5 Å². The number of nitrogens with zero attached hydrogens (tertiary/aromatic N) is 1. The molecule has 2 aromatic rings. The van der Waals surface area contributed by atoms with Crippen LogP contribution < -0.4 is 10.2 Å². The van der Waals surface area contributed by atoms with Crippen LogP contribution in [-0.4, -0.2) is 17.9 Å². The van der Waals surface area contributed by atoms with Crippen LogP contribution in [0.2, 0.25) is 0 Å². The summed E-state index contributed by atoms with van der Waals surface area (Å²) in [5.41, 5.74) is 3.35. The molecule has 2 amide bonds. The van der Waals surface area contributed by atoms with E-state index < -0.39 is 0 Å². The van der Waals surface area contributed by atoms with Gasteiger partial charge in [0.1, 0.15) is 0 Å². The summed E-state index contributed by atoms with van der Waals surface area (Å²) in [5, 5.41) is 2.93. The molecule has 1 unspecified atom stereocenters. The minimum absolute atomic E-state index is 0.106. The zero-order valence-corrected chi connectivity index (χ0v) is 14.1. The van der Waals surface area contributed by atoms with Crippen LogP contribution in [-0.2, 0) is 11.2 Å². The molecule has 1 saturated heterocycles. The van der Waals surface area contributed by atoms with Gasteiger partial charge in [0, 0.05) is 29.4 Å². The molecule has 24 heavy (non-hydrogen) atoms. The van der Waals surface area contributed by atoms with Crippen molar-refractivity contribution in [1.82, 2.24) is 0 Å². The van der Waals surface area contributed by atoms with Crippen molar-refractivity contribution < 1.29 is 9.59 Å². The number of benzene rings is 2. The molecule has 1 fully saturated rings. The number of carbonyl (C=O) groups excluding carboxylic acids is 2. The van der Waals surface area contributed by atoms with Gasteiger partial charge in [0.25, 0.3) is 5.91 Å². The number of hydrogen-bond donors (Lipinski definition) is 1. The summed E-state index contributed by atoms with van der Waals surface area (Å²) < 4.78 is 0. The summed E-state index contributed by atoms with van der Waals surface area (Å²) in [6.45, 7) is 4.09. The number of amides is 2. The number of carbonyl (C=O) groups is 2. The number of aryl methyl sites for hydroxylation is 1. The summed E-state index contributed by atoms with van der Waals surface area (Å²) in [6, 6.07) is 15.3. The molecule has 1 heterocycles. The summed E-state index contributed by atoms with van der Waals surface area (Å²) in [4.78, 5) is 26.3. The average Bonchev–Trinajstić information content (AvgIpc) is 2.94. The molecule has 1 N–H and O–H groups in total. The molecule has 0 bridgehead atoms. The number of anilines is 2. The van der Waals surface area contributed by atoms with Gasteiger partial charge in [0.2, 0.25) is 5.91 Å². The zero-order chi connectivity index (χ0) is 17.1. The lowest BCUT2D eigenvalue weighted by atomic mass is 10.0. The lowest BCUT2D eigenvalue weighted by molar-refractivity contribution is -0.117. The average molecular weight is 322 g/mol. The Hall–Kier alpha value is -2.62. The van der Waals surface area contributed by atoms with Crippen LogP contribution >= 0.6 is 0 Å². The van der Waals surface area contributed by atoms with Crippen molar-refractivity contribution in [1.29, 1.82) is 0 Å². The quantitative estimate of drug-likeness (QED) is 0.924. The molecule has 3 rings (SSSR count). The van der Waals surface area contributed by atoms with Gasteiger partial charge < -0.3 is 10.2 Å². The van der Waals surface area contributed by atoms with E-state index in [-0.39, 0.29) is 17.9 Å². The van der Waals surface area contributed by atoms with Gasteiger partial charge in [-0.15, -0.1) is 0 Å². The first-order chi connectivity index (χ1) is 11.6. The molecule has 0 spiro atoms. The van der Waals surface area contributed by atoms with E-state index in [1.54, 1.807) is 0 Å². The molecule has 1 aliphatic rings. The van der Waals surface area contributed by atoms with E-state index in [0.29, 0.717) is 12.0 Å². The van der Waals surface area contributed by atoms with Gasteiger partial charge in [-0.2, -0.15) is 0 Å². The van der Waals surface area contributed by atoms with Gasteiger partial charge in [-0.05, 0) is 55.7 Å². The highest BCUT2D eigenvalue weighted by Crippen LogP contribution is 2.27. The highest BCUT2D eigenvalue weighted by molar-refractivity contribution is 6.05. The fourth-order valence-electron chi connectivity index (χ4n) is 3.18. The molecule has 1 aliphatic heterocycles. The fourth-order valence-corrected chi connectivity index (χ4v) is 3.18. The Morgan fingerprint density at radius 2 is 1.88 bits per heavy atom. The molecule has 0 aromatic heterocycles. The first-order valence-electron chi connectivity index (χ1n) is 8.41. The van der Waals surface area contributed by atoms with Crippen LogP contribution in [0.1, 0.15) is 42.6 Å². The Kier molecular flexibility index (Phi) is 4.65. The maximum absolute atomic E-state index is 12.5. The topological polar surface area (TPSA) is 49.4 Å². The van der Waals surface area contributed by atoms with Crippen LogP contribution in [0.3, 0.4) is 0 Å². The van der Waals surface area contributed by atoms with Crippen molar-refractivity contribution in [2.24, 2.45) is 0 Å². The summed E-state index contributed by atoms with van der Waals surface area (Å²) in [7, 11) is 0. The predicted octanol–water partition coefficient (Wildman–Crippen LogP) is 4.02. The molecular formula is C20H22N2O2. The van der Waals surface area contributed by atoms with E-state index in [1.807, 2.05) is 60.4 Å². The molecule has 4 nitrogen and oxygen atoms in total.